The zero-order valence-electron chi connectivity index (χ0n) is 23.5. The Morgan fingerprint density at radius 1 is 0.976 bits per heavy atom. The van der Waals surface area contributed by atoms with Crippen molar-refractivity contribution >= 4 is 40.3 Å². The van der Waals surface area contributed by atoms with Gasteiger partial charge in [0.1, 0.15) is 18.2 Å². The molecule has 2 amide bonds. The molecule has 5 rings (SSSR count). The Labute approximate surface area is 239 Å². The number of amides is 2. The van der Waals surface area contributed by atoms with E-state index >= 15 is 0 Å². The predicted octanol–water partition coefficient (Wildman–Crippen LogP) is 6.60. The second-order valence-corrected chi connectivity index (χ2v) is 10.5. The smallest absolute Gasteiger partial charge is 0.323 e. The SMILES string of the molecule is COc1ccc(C(C)(C)C)cc1NC(=O)Nc1ccc(Oc2ccnc(NCN3C=CC=NC3)n2)c2ccccc12. The van der Waals surface area contributed by atoms with E-state index in [2.05, 4.69) is 51.7 Å². The lowest BCUT2D eigenvalue weighted by Crippen LogP contribution is -2.26. The number of benzene rings is 3. The van der Waals surface area contributed by atoms with E-state index in [1.807, 2.05) is 71.8 Å². The van der Waals surface area contributed by atoms with Gasteiger partial charge in [-0.2, -0.15) is 4.98 Å². The molecule has 0 unspecified atom stereocenters. The highest BCUT2D eigenvalue weighted by Crippen LogP contribution is 2.35. The van der Waals surface area contributed by atoms with Crippen molar-refractivity contribution in [2.45, 2.75) is 26.2 Å². The Balaban J connectivity index is 1.32. The van der Waals surface area contributed by atoms with E-state index in [0.29, 0.717) is 48.0 Å². The van der Waals surface area contributed by atoms with Crippen LogP contribution in [0.15, 0.2) is 84.1 Å². The third kappa shape index (κ3) is 6.73. The first-order chi connectivity index (χ1) is 19.8. The molecule has 0 saturated carbocycles. The van der Waals surface area contributed by atoms with Crippen molar-refractivity contribution in [2.24, 2.45) is 4.99 Å². The summed E-state index contributed by atoms with van der Waals surface area (Å²) in [5, 5.41) is 10.7. The van der Waals surface area contributed by atoms with Crippen LogP contribution in [0, 0.1) is 0 Å². The second kappa shape index (κ2) is 12.0. The van der Waals surface area contributed by atoms with Gasteiger partial charge in [0.05, 0.1) is 25.2 Å². The number of fused-ring (bicyclic) bond motifs is 1. The molecule has 3 N–H and O–H groups in total. The summed E-state index contributed by atoms with van der Waals surface area (Å²) in [5.74, 6) is 2.02. The van der Waals surface area contributed by atoms with Gasteiger partial charge < -0.3 is 30.3 Å². The average Bonchev–Trinajstić information content (AvgIpc) is 2.97. The average molecular weight is 552 g/mol. The molecule has 210 valence electrons. The van der Waals surface area contributed by atoms with Crippen LogP contribution in [-0.2, 0) is 5.41 Å². The van der Waals surface area contributed by atoms with E-state index in [1.165, 1.54) is 0 Å². The molecular formula is C31H33N7O3. The molecule has 0 bridgehead atoms. The quantitative estimate of drug-likeness (QED) is 0.226. The van der Waals surface area contributed by atoms with Crippen molar-refractivity contribution in [3.63, 3.8) is 0 Å². The molecular weight excluding hydrogens is 518 g/mol. The van der Waals surface area contributed by atoms with Gasteiger partial charge in [-0.1, -0.05) is 51.1 Å². The Morgan fingerprint density at radius 3 is 2.51 bits per heavy atom. The van der Waals surface area contributed by atoms with Crippen LogP contribution in [-0.4, -0.2) is 47.6 Å². The number of hydrogen-bond acceptors (Lipinski definition) is 8. The number of aromatic nitrogens is 2. The lowest BCUT2D eigenvalue weighted by molar-refractivity contribution is 0.262. The lowest BCUT2D eigenvalue weighted by atomic mass is 9.87. The maximum absolute atomic E-state index is 13.1. The van der Waals surface area contributed by atoms with Crippen molar-refractivity contribution in [3.8, 4) is 17.4 Å². The van der Waals surface area contributed by atoms with Gasteiger partial charge in [0.15, 0.2) is 0 Å². The Hall–Kier alpha value is -5.12. The first kappa shape index (κ1) is 27.4. The highest BCUT2D eigenvalue weighted by molar-refractivity contribution is 6.08. The summed E-state index contributed by atoms with van der Waals surface area (Å²) in [6.45, 7) is 7.44. The van der Waals surface area contributed by atoms with E-state index < -0.39 is 0 Å². The number of urea groups is 1. The van der Waals surface area contributed by atoms with Crippen LogP contribution in [0.4, 0.5) is 22.1 Å². The van der Waals surface area contributed by atoms with Gasteiger partial charge in [-0.05, 0) is 41.3 Å². The number of methoxy groups -OCH3 is 1. The van der Waals surface area contributed by atoms with Crippen molar-refractivity contribution in [3.05, 3.63) is 84.7 Å². The van der Waals surface area contributed by atoms with Crippen molar-refractivity contribution in [1.82, 2.24) is 14.9 Å². The number of nitrogens with zero attached hydrogens (tertiary/aromatic N) is 4. The van der Waals surface area contributed by atoms with Gasteiger partial charge in [-0.3, -0.25) is 4.99 Å². The number of aliphatic imine (C=N–C) groups is 1. The fourth-order valence-corrected chi connectivity index (χ4v) is 4.31. The third-order valence-corrected chi connectivity index (χ3v) is 6.48. The highest BCUT2D eigenvalue weighted by Gasteiger charge is 2.18. The monoisotopic (exact) mass is 551 g/mol. The minimum atomic E-state index is -0.381. The number of carbonyl (C=O) groups is 1. The Morgan fingerprint density at radius 2 is 1.76 bits per heavy atom. The topological polar surface area (TPSA) is 113 Å². The molecule has 41 heavy (non-hydrogen) atoms. The molecule has 2 heterocycles. The largest absolute Gasteiger partial charge is 0.495 e. The minimum absolute atomic E-state index is 0.0779. The second-order valence-electron chi connectivity index (χ2n) is 10.5. The van der Waals surface area contributed by atoms with E-state index in [4.69, 9.17) is 9.47 Å². The Kier molecular flexibility index (Phi) is 8.00. The van der Waals surface area contributed by atoms with E-state index in [-0.39, 0.29) is 11.4 Å². The number of ether oxygens (including phenoxy) is 2. The van der Waals surface area contributed by atoms with Crippen molar-refractivity contribution in [2.75, 3.05) is 36.4 Å². The molecule has 4 aromatic rings. The molecule has 0 atom stereocenters. The number of rotatable bonds is 8. The van der Waals surface area contributed by atoms with E-state index in [0.717, 1.165) is 16.3 Å². The first-order valence-corrected chi connectivity index (χ1v) is 13.2. The maximum atomic E-state index is 13.1. The number of anilines is 3. The molecule has 1 aromatic heterocycles. The maximum Gasteiger partial charge on any atom is 0.323 e. The molecule has 10 nitrogen and oxygen atoms in total. The number of nitrogens with one attached hydrogen (secondary N) is 3. The van der Waals surface area contributed by atoms with Gasteiger partial charge >= 0.3 is 6.03 Å². The fraction of sp³-hybridized carbons (Fsp3) is 0.226. The predicted molar refractivity (Wildman–Crippen MR) is 163 cm³/mol. The number of allylic oxidation sites excluding steroid dienone is 1. The van der Waals surface area contributed by atoms with Crippen LogP contribution in [0.25, 0.3) is 10.8 Å². The summed E-state index contributed by atoms with van der Waals surface area (Å²) < 4.78 is 11.6. The summed E-state index contributed by atoms with van der Waals surface area (Å²) >= 11 is 0. The number of hydrogen-bond donors (Lipinski definition) is 3. The van der Waals surface area contributed by atoms with Crippen LogP contribution in [0.2, 0.25) is 0 Å². The summed E-state index contributed by atoms with van der Waals surface area (Å²) in [6.07, 6.45) is 7.23. The fourth-order valence-electron chi connectivity index (χ4n) is 4.31. The van der Waals surface area contributed by atoms with Gasteiger partial charge in [-0.25, -0.2) is 9.78 Å². The highest BCUT2D eigenvalue weighted by atomic mass is 16.5. The van der Waals surface area contributed by atoms with Gasteiger partial charge in [0, 0.05) is 35.5 Å². The molecule has 10 heteroatoms. The van der Waals surface area contributed by atoms with Crippen LogP contribution >= 0.6 is 0 Å². The normalized spacial score (nSPS) is 12.7. The number of carbonyl (C=O) groups excluding carboxylic acids is 1. The van der Waals surface area contributed by atoms with Crippen LogP contribution in [0.3, 0.4) is 0 Å². The summed E-state index contributed by atoms with van der Waals surface area (Å²) in [6, 6.07) is 18.5. The zero-order valence-corrected chi connectivity index (χ0v) is 23.5. The lowest BCUT2D eigenvalue weighted by Gasteiger charge is -2.21. The Bertz CT molecular complexity index is 1610. The standard InChI is InChI=1S/C31H33N7O3/c1-31(2,3)21-10-12-27(40-4)25(18-21)36-30(39)35-24-11-13-26(23-9-6-5-8-22(23)24)41-28-14-16-33-29(37-28)34-20-38-17-7-15-32-19-38/h5-18H,19-20H2,1-4H3,(H,33,34,37)(H2,35,36,39). The molecule has 3 aromatic carbocycles. The van der Waals surface area contributed by atoms with Gasteiger partial charge in [-0.15, -0.1) is 0 Å². The first-order valence-electron chi connectivity index (χ1n) is 13.2. The summed E-state index contributed by atoms with van der Waals surface area (Å²) in [5.41, 5.74) is 2.24. The molecule has 1 aliphatic heterocycles. The van der Waals surface area contributed by atoms with Crippen LogP contribution in [0.5, 0.6) is 17.4 Å². The van der Waals surface area contributed by atoms with E-state index in [9.17, 15) is 4.79 Å². The minimum Gasteiger partial charge on any atom is -0.495 e. The van der Waals surface area contributed by atoms with E-state index in [1.54, 1.807) is 25.6 Å². The molecule has 0 radical (unpaired) electrons. The summed E-state index contributed by atoms with van der Waals surface area (Å²) in [4.78, 5) is 28.1. The van der Waals surface area contributed by atoms with Gasteiger partial charge in [0.25, 0.3) is 0 Å². The molecule has 0 aliphatic carbocycles. The van der Waals surface area contributed by atoms with Gasteiger partial charge in [0.2, 0.25) is 11.8 Å². The van der Waals surface area contributed by atoms with Crippen molar-refractivity contribution < 1.29 is 14.3 Å². The van der Waals surface area contributed by atoms with Crippen LogP contribution in [0.1, 0.15) is 26.3 Å². The molecule has 0 fully saturated rings. The zero-order chi connectivity index (χ0) is 28.8. The molecule has 1 aliphatic rings. The van der Waals surface area contributed by atoms with Crippen molar-refractivity contribution in [1.29, 1.82) is 0 Å². The molecule has 0 saturated heterocycles. The summed E-state index contributed by atoms with van der Waals surface area (Å²) in [7, 11) is 1.58. The molecule has 0 spiro atoms. The van der Waals surface area contributed by atoms with Crippen LogP contribution < -0.4 is 25.4 Å². The third-order valence-electron chi connectivity index (χ3n) is 6.48.